The van der Waals surface area contributed by atoms with Crippen LogP contribution >= 0.6 is 11.6 Å². The lowest BCUT2D eigenvalue weighted by Crippen LogP contribution is -2.50. The predicted octanol–water partition coefficient (Wildman–Crippen LogP) is 3.38. The molecule has 0 saturated heterocycles. The summed E-state index contributed by atoms with van der Waals surface area (Å²) in [5, 5.41) is 7.18. The molecule has 3 rings (SSSR count). The molecule has 1 aliphatic carbocycles. The fraction of sp³-hybridized carbons (Fsp3) is 0.450. The second kappa shape index (κ2) is 10.0. The van der Waals surface area contributed by atoms with E-state index in [1.807, 2.05) is 0 Å². The minimum absolute atomic E-state index is 0.0121. The van der Waals surface area contributed by atoms with Crippen LogP contribution in [0.4, 0.5) is 9.18 Å². The summed E-state index contributed by atoms with van der Waals surface area (Å²) >= 11 is 6.02. The van der Waals surface area contributed by atoms with Crippen molar-refractivity contribution in [1.82, 2.24) is 20.6 Å². The van der Waals surface area contributed by atoms with Gasteiger partial charge < -0.3 is 20.8 Å². The van der Waals surface area contributed by atoms with E-state index >= 15 is 0 Å². The number of aromatic amines is 1. The average Bonchev–Trinajstić information content (AvgIpc) is 3.14. The number of methoxy groups -OCH3 is 1. The molecule has 1 unspecified atom stereocenters. The Labute approximate surface area is 179 Å². The van der Waals surface area contributed by atoms with Crippen LogP contribution in [0.25, 0.3) is 11.0 Å². The van der Waals surface area contributed by atoms with Gasteiger partial charge in [0.15, 0.2) is 0 Å². The van der Waals surface area contributed by atoms with Crippen molar-refractivity contribution in [3.05, 3.63) is 41.1 Å². The van der Waals surface area contributed by atoms with E-state index < -0.39 is 18.1 Å². The van der Waals surface area contributed by atoms with Crippen molar-refractivity contribution >= 4 is 34.4 Å². The Morgan fingerprint density at radius 1 is 1.50 bits per heavy atom. The Hall–Kier alpha value is -2.49. The molecular formula is C20H26ClFN6O2. The molecule has 0 radical (unpaired) electrons. The van der Waals surface area contributed by atoms with Gasteiger partial charge in [-0.1, -0.05) is 11.6 Å². The monoisotopic (exact) mass is 436 g/mol. The number of ether oxygens (including phenoxy) is 1. The lowest BCUT2D eigenvalue weighted by Gasteiger charge is -2.31. The van der Waals surface area contributed by atoms with Gasteiger partial charge in [-0.3, -0.25) is 10.3 Å². The van der Waals surface area contributed by atoms with Crippen LogP contribution in [0.1, 0.15) is 38.2 Å². The highest BCUT2D eigenvalue weighted by molar-refractivity contribution is 6.31. The fourth-order valence-electron chi connectivity index (χ4n) is 3.62. The van der Waals surface area contributed by atoms with Crippen LogP contribution in [0.15, 0.2) is 35.5 Å². The van der Waals surface area contributed by atoms with Gasteiger partial charge in [0.1, 0.15) is 17.6 Å². The van der Waals surface area contributed by atoms with Gasteiger partial charge in [0.25, 0.3) is 0 Å². The van der Waals surface area contributed by atoms with Crippen molar-refractivity contribution in [2.75, 3.05) is 7.11 Å². The molecule has 2 aromatic rings. The van der Waals surface area contributed by atoms with Gasteiger partial charge >= 0.3 is 6.09 Å². The first kappa shape index (κ1) is 22.2. The van der Waals surface area contributed by atoms with E-state index in [1.54, 1.807) is 25.4 Å². The fourth-order valence-corrected chi connectivity index (χ4v) is 3.77. The molecule has 0 spiro atoms. The van der Waals surface area contributed by atoms with Gasteiger partial charge in [-0.25, -0.2) is 14.2 Å². The van der Waals surface area contributed by atoms with Crippen LogP contribution in [0.5, 0.6) is 0 Å². The number of nitrogens with zero attached hydrogens (tertiary/aromatic N) is 2. The van der Waals surface area contributed by atoms with Crippen LogP contribution in [0.3, 0.4) is 0 Å². The Kier molecular flexibility index (Phi) is 7.41. The van der Waals surface area contributed by atoms with Gasteiger partial charge in [0, 0.05) is 41.1 Å². The molecule has 3 atom stereocenters. The van der Waals surface area contributed by atoms with Crippen molar-refractivity contribution in [3.63, 3.8) is 0 Å². The summed E-state index contributed by atoms with van der Waals surface area (Å²) in [5.74, 6) is -0.576. The molecular weight excluding hydrogens is 411 g/mol. The number of hydrogen-bond donors (Lipinski definition) is 4. The predicted molar refractivity (Wildman–Crippen MR) is 115 cm³/mol. The molecule has 2 aromatic heterocycles. The number of pyridine rings is 1. The molecule has 0 aromatic carbocycles. The lowest BCUT2D eigenvalue weighted by atomic mass is 9.91. The highest BCUT2D eigenvalue weighted by Gasteiger charge is 2.25. The Balaban J connectivity index is 1.62. The SMILES string of the molecule is COC(=O)N[C@H]1CCC[C@@H](NC(N)/C(F)=C\N=C(C)c2c[nH]c3ncc(Cl)cc23)C1. The molecule has 0 bridgehead atoms. The van der Waals surface area contributed by atoms with Crippen molar-refractivity contribution in [2.45, 2.75) is 50.9 Å². The summed E-state index contributed by atoms with van der Waals surface area (Å²) in [5.41, 5.74) is 8.04. The topological polar surface area (TPSA) is 117 Å². The largest absolute Gasteiger partial charge is 0.453 e. The molecule has 1 aliphatic rings. The normalized spacial score (nSPS) is 21.5. The Bertz CT molecular complexity index is 960. The van der Waals surface area contributed by atoms with Gasteiger partial charge in [-0.05, 0) is 38.7 Å². The van der Waals surface area contributed by atoms with Crippen molar-refractivity contribution < 1.29 is 13.9 Å². The van der Waals surface area contributed by atoms with E-state index in [0.29, 0.717) is 22.8 Å². The van der Waals surface area contributed by atoms with E-state index in [4.69, 9.17) is 17.3 Å². The molecule has 1 amide bonds. The van der Waals surface area contributed by atoms with E-state index in [-0.39, 0.29) is 12.1 Å². The maximum absolute atomic E-state index is 14.5. The molecule has 162 valence electrons. The zero-order chi connectivity index (χ0) is 21.7. The quantitative estimate of drug-likeness (QED) is 0.409. The summed E-state index contributed by atoms with van der Waals surface area (Å²) in [7, 11) is 1.33. The van der Waals surface area contributed by atoms with Gasteiger partial charge in [0.05, 0.1) is 18.3 Å². The van der Waals surface area contributed by atoms with Crippen LogP contribution < -0.4 is 16.4 Å². The molecule has 1 saturated carbocycles. The van der Waals surface area contributed by atoms with Crippen molar-refractivity contribution in [3.8, 4) is 0 Å². The first-order valence-corrected chi connectivity index (χ1v) is 10.1. The molecule has 5 N–H and O–H groups in total. The third-order valence-corrected chi connectivity index (χ3v) is 5.37. The number of carbonyl (C=O) groups is 1. The number of hydrogen-bond acceptors (Lipinski definition) is 6. The maximum Gasteiger partial charge on any atom is 0.407 e. The first-order valence-electron chi connectivity index (χ1n) is 9.76. The number of carbonyl (C=O) groups excluding carboxylic acids is 1. The maximum atomic E-state index is 14.5. The van der Waals surface area contributed by atoms with Crippen molar-refractivity contribution in [2.24, 2.45) is 10.7 Å². The molecule has 8 nitrogen and oxygen atoms in total. The summed E-state index contributed by atoms with van der Waals surface area (Å²) in [6, 6.07) is 1.75. The van der Waals surface area contributed by atoms with Gasteiger partial charge in [-0.15, -0.1) is 0 Å². The molecule has 1 fully saturated rings. The number of halogens is 2. The number of aliphatic imine (C=N–C) groups is 1. The zero-order valence-electron chi connectivity index (χ0n) is 16.9. The number of rotatable bonds is 6. The third-order valence-electron chi connectivity index (χ3n) is 5.16. The number of H-pyrrole nitrogens is 1. The standard InChI is InChI=1S/C20H26ClFN6O2/c1-11(16-9-26-19-15(16)6-12(21)8-25-19)24-10-17(22)18(23)27-13-4-3-5-14(7-13)28-20(29)30-2/h6,8-10,13-14,18,27H,3-5,7,23H2,1-2H3,(H,25,26)(H,28,29)/b17-10+,24-11?/t13-,14+,18?/m1/s1. The second-order valence-corrected chi connectivity index (χ2v) is 7.76. The number of amides is 1. The van der Waals surface area contributed by atoms with Gasteiger partial charge in [-0.2, -0.15) is 0 Å². The summed E-state index contributed by atoms with van der Waals surface area (Å²) in [4.78, 5) is 22.9. The van der Waals surface area contributed by atoms with Crippen LogP contribution in [0.2, 0.25) is 5.02 Å². The Morgan fingerprint density at radius 3 is 3.03 bits per heavy atom. The molecule has 10 heteroatoms. The molecule has 30 heavy (non-hydrogen) atoms. The van der Waals surface area contributed by atoms with Crippen LogP contribution in [-0.4, -0.2) is 47.1 Å². The number of nitrogens with two attached hydrogens (primary N) is 1. The smallest absolute Gasteiger partial charge is 0.407 e. The molecule has 0 aliphatic heterocycles. The summed E-state index contributed by atoms with van der Waals surface area (Å²) < 4.78 is 19.2. The van der Waals surface area contributed by atoms with Crippen LogP contribution in [-0.2, 0) is 4.74 Å². The number of nitrogens with one attached hydrogen (secondary N) is 3. The number of aromatic nitrogens is 2. The minimum Gasteiger partial charge on any atom is -0.453 e. The highest BCUT2D eigenvalue weighted by atomic mass is 35.5. The van der Waals surface area contributed by atoms with E-state index in [0.717, 1.165) is 36.4 Å². The zero-order valence-corrected chi connectivity index (χ0v) is 17.7. The number of alkyl carbamates (subject to hydrolysis) is 1. The highest BCUT2D eigenvalue weighted by Crippen LogP contribution is 2.22. The molecule has 2 heterocycles. The minimum atomic E-state index is -0.984. The summed E-state index contributed by atoms with van der Waals surface area (Å²) in [6.07, 6.45) is 6.25. The number of fused-ring (bicyclic) bond motifs is 1. The van der Waals surface area contributed by atoms with E-state index in [2.05, 4.69) is 30.3 Å². The first-order chi connectivity index (χ1) is 14.4. The second-order valence-electron chi connectivity index (χ2n) is 7.32. The van der Waals surface area contributed by atoms with E-state index in [1.165, 1.54) is 7.11 Å². The van der Waals surface area contributed by atoms with Crippen molar-refractivity contribution in [1.29, 1.82) is 0 Å². The Morgan fingerprint density at radius 2 is 2.27 bits per heavy atom. The lowest BCUT2D eigenvalue weighted by molar-refractivity contribution is 0.160. The third kappa shape index (κ3) is 5.56. The van der Waals surface area contributed by atoms with Crippen LogP contribution in [0, 0.1) is 0 Å². The average molecular weight is 437 g/mol. The summed E-state index contributed by atoms with van der Waals surface area (Å²) in [6.45, 7) is 1.77. The van der Waals surface area contributed by atoms with E-state index in [9.17, 15) is 9.18 Å². The van der Waals surface area contributed by atoms with Gasteiger partial charge in [0.2, 0.25) is 0 Å².